The summed E-state index contributed by atoms with van der Waals surface area (Å²) in [5.41, 5.74) is -0.447. The van der Waals surface area contributed by atoms with Gasteiger partial charge in [0.25, 0.3) is 0 Å². The van der Waals surface area contributed by atoms with Gasteiger partial charge < -0.3 is 14.5 Å². The molecule has 112 valence electrons. The van der Waals surface area contributed by atoms with Crippen molar-refractivity contribution < 1.29 is 14.3 Å². The van der Waals surface area contributed by atoms with Crippen LogP contribution in [0.5, 0.6) is 0 Å². The van der Waals surface area contributed by atoms with E-state index < -0.39 is 5.60 Å². The first kappa shape index (κ1) is 14.2. The number of rotatable bonds is 1. The summed E-state index contributed by atoms with van der Waals surface area (Å²) in [5.74, 6) is 1.14. The number of carbonyl (C=O) groups excluding carboxylic acids is 2. The smallest absolute Gasteiger partial charge is 0.410 e. The van der Waals surface area contributed by atoms with E-state index in [4.69, 9.17) is 4.74 Å². The summed E-state index contributed by atoms with van der Waals surface area (Å²) in [7, 11) is 0. The molecule has 3 fully saturated rings. The summed E-state index contributed by atoms with van der Waals surface area (Å²) in [6, 6.07) is 0.351. The molecule has 6 heteroatoms. The molecule has 2 aliphatic heterocycles. The number of hydrogen-bond donors (Lipinski definition) is 0. The summed E-state index contributed by atoms with van der Waals surface area (Å²) in [6.45, 7) is 7.89. The molecule has 0 aromatic heterocycles. The van der Waals surface area contributed by atoms with Crippen LogP contribution in [0.2, 0.25) is 0 Å². The number of carbonyl (C=O) groups is 2. The highest BCUT2D eigenvalue weighted by molar-refractivity contribution is 9.09. The number of ether oxygens (including phenoxy) is 1. The Morgan fingerprint density at radius 3 is 2.30 bits per heavy atom. The molecule has 0 bridgehead atoms. The minimum Gasteiger partial charge on any atom is -0.444 e. The number of fused-ring (bicyclic) bond motifs is 1. The van der Waals surface area contributed by atoms with Crippen LogP contribution < -0.4 is 0 Å². The van der Waals surface area contributed by atoms with Crippen LogP contribution in [-0.4, -0.2) is 57.9 Å². The van der Waals surface area contributed by atoms with Crippen LogP contribution in [0, 0.1) is 11.8 Å². The van der Waals surface area contributed by atoms with Crippen LogP contribution in [0.25, 0.3) is 0 Å². The second-order valence-electron chi connectivity index (χ2n) is 7.05. The highest BCUT2D eigenvalue weighted by Gasteiger charge is 2.61. The zero-order chi connectivity index (χ0) is 14.7. The summed E-state index contributed by atoms with van der Waals surface area (Å²) in [6.07, 6.45) is 0.376. The second kappa shape index (κ2) is 4.61. The third-order valence-electron chi connectivity index (χ3n) is 4.27. The molecule has 2 heterocycles. The van der Waals surface area contributed by atoms with E-state index in [-0.39, 0.29) is 12.0 Å². The summed E-state index contributed by atoms with van der Waals surface area (Å²) >= 11 is 3.52. The van der Waals surface area contributed by atoms with Gasteiger partial charge in [0.05, 0.1) is 0 Å². The van der Waals surface area contributed by atoms with Crippen LogP contribution >= 0.6 is 15.9 Å². The molecule has 0 radical (unpaired) electrons. The van der Waals surface area contributed by atoms with Gasteiger partial charge in [-0.3, -0.25) is 4.79 Å². The van der Waals surface area contributed by atoms with Crippen LogP contribution in [-0.2, 0) is 9.53 Å². The molecule has 1 aliphatic carbocycles. The van der Waals surface area contributed by atoms with E-state index in [1.165, 1.54) is 0 Å². The van der Waals surface area contributed by atoms with E-state index in [1.807, 2.05) is 25.7 Å². The molecular formula is C14H21BrN2O3. The normalized spacial score (nSPS) is 36.3. The molecular weight excluding hydrogens is 324 g/mol. The maximum absolute atomic E-state index is 12.0. The maximum atomic E-state index is 12.0. The quantitative estimate of drug-likeness (QED) is 0.682. The fourth-order valence-corrected chi connectivity index (χ4v) is 4.00. The number of alkyl halides is 1. The largest absolute Gasteiger partial charge is 0.444 e. The Kier molecular flexibility index (Phi) is 3.27. The van der Waals surface area contributed by atoms with Crippen molar-refractivity contribution in [1.29, 1.82) is 0 Å². The number of amides is 2. The molecule has 2 unspecified atom stereocenters. The minimum atomic E-state index is -0.447. The average molecular weight is 345 g/mol. The van der Waals surface area contributed by atoms with Crippen molar-refractivity contribution in [3.05, 3.63) is 0 Å². The second-order valence-corrected chi connectivity index (χ2v) is 8.35. The number of halogens is 1. The number of piperidine rings is 1. The van der Waals surface area contributed by atoms with Crippen LogP contribution in [0.4, 0.5) is 4.79 Å². The Morgan fingerprint density at radius 1 is 1.25 bits per heavy atom. The molecule has 3 rings (SSSR count). The SMILES string of the molecule is CC(C)(C)OC(=O)N1C[C@@H]2C(N3CC(Br)CC3=O)[C@@H]2C1. The predicted octanol–water partition coefficient (Wildman–Crippen LogP) is 1.85. The maximum Gasteiger partial charge on any atom is 0.410 e. The van der Waals surface area contributed by atoms with Gasteiger partial charge in [0.1, 0.15) is 5.60 Å². The number of likely N-dealkylation sites (tertiary alicyclic amines) is 2. The van der Waals surface area contributed by atoms with Gasteiger partial charge in [0.15, 0.2) is 0 Å². The van der Waals surface area contributed by atoms with Crippen molar-refractivity contribution in [2.75, 3.05) is 19.6 Å². The lowest BCUT2D eigenvalue weighted by Gasteiger charge is -2.27. The molecule has 1 saturated carbocycles. The van der Waals surface area contributed by atoms with Gasteiger partial charge in [-0.25, -0.2) is 4.79 Å². The number of hydrogen-bond acceptors (Lipinski definition) is 3. The predicted molar refractivity (Wildman–Crippen MR) is 77.6 cm³/mol. The highest BCUT2D eigenvalue weighted by Crippen LogP contribution is 2.50. The zero-order valence-electron chi connectivity index (χ0n) is 12.1. The number of nitrogens with zero attached hydrogens (tertiary/aromatic N) is 2. The Balaban J connectivity index is 1.53. The minimum absolute atomic E-state index is 0.227. The van der Waals surface area contributed by atoms with Gasteiger partial charge in [0.2, 0.25) is 5.91 Å². The van der Waals surface area contributed by atoms with Gasteiger partial charge in [-0.05, 0) is 20.8 Å². The van der Waals surface area contributed by atoms with Crippen LogP contribution in [0.1, 0.15) is 27.2 Å². The topological polar surface area (TPSA) is 49.9 Å². The van der Waals surface area contributed by atoms with Crippen molar-refractivity contribution in [1.82, 2.24) is 9.80 Å². The van der Waals surface area contributed by atoms with E-state index in [1.54, 1.807) is 4.90 Å². The standard InChI is InChI=1S/C14H21BrN2O3/c1-14(2,3)20-13(19)16-6-9-10(7-16)12(9)17-5-8(15)4-11(17)18/h8-10,12H,4-7H2,1-3H3/t8?,9-,10+,12?. The first-order valence-corrected chi connectivity index (χ1v) is 8.09. The first-order valence-electron chi connectivity index (χ1n) is 7.18. The zero-order valence-corrected chi connectivity index (χ0v) is 13.7. The van der Waals surface area contributed by atoms with Crippen LogP contribution in [0.15, 0.2) is 0 Å². The monoisotopic (exact) mass is 344 g/mol. The lowest BCUT2D eigenvalue weighted by atomic mass is 10.2. The Bertz CT molecular complexity index is 436. The van der Waals surface area contributed by atoms with E-state index >= 15 is 0 Å². The van der Waals surface area contributed by atoms with E-state index in [0.717, 1.165) is 19.6 Å². The molecule has 5 nitrogen and oxygen atoms in total. The van der Waals surface area contributed by atoms with Crippen LogP contribution in [0.3, 0.4) is 0 Å². The fourth-order valence-electron chi connectivity index (χ4n) is 3.41. The molecule has 0 aromatic carbocycles. The Hall–Kier alpha value is -0.780. The molecule has 3 aliphatic rings. The molecule has 0 N–H and O–H groups in total. The van der Waals surface area contributed by atoms with Crippen molar-refractivity contribution in [3.63, 3.8) is 0 Å². The summed E-state index contributed by atoms with van der Waals surface area (Å²) in [4.78, 5) is 28.0. The fraction of sp³-hybridized carbons (Fsp3) is 0.857. The average Bonchev–Trinajstić information content (AvgIpc) is 2.67. The summed E-state index contributed by atoms with van der Waals surface area (Å²) < 4.78 is 5.39. The molecule has 4 atom stereocenters. The van der Waals surface area contributed by atoms with Crippen molar-refractivity contribution in [3.8, 4) is 0 Å². The van der Waals surface area contributed by atoms with E-state index in [2.05, 4.69) is 15.9 Å². The first-order chi connectivity index (χ1) is 9.26. The molecule has 2 saturated heterocycles. The third-order valence-corrected chi connectivity index (χ3v) is 4.88. The van der Waals surface area contributed by atoms with Gasteiger partial charge in [0, 0.05) is 48.8 Å². The lowest BCUT2D eigenvalue weighted by molar-refractivity contribution is -0.128. The van der Waals surface area contributed by atoms with Gasteiger partial charge >= 0.3 is 6.09 Å². The molecule has 20 heavy (non-hydrogen) atoms. The highest BCUT2D eigenvalue weighted by atomic mass is 79.9. The third kappa shape index (κ3) is 2.54. The lowest BCUT2D eigenvalue weighted by Crippen LogP contribution is -2.40. The van der Waals surface area contributed by atoms with Crippen molar-refractivity contribution >= 4 is 27.9 Å². The van der Waals surface area contributed by atoms with Gasteiger partial charge in [-0.15, -0.1) is 0 Å². The van der Waals surface area contributed by atoms with Crippen molar-refractivity contribution in [2.45, 2.75) is 43.7 Å². The Morgan fingerprint density at radius 2 is 1.85 bits per heavy atom. The summed E-state index contributed by atoms with van der Waals surface area (Å²) in [5, 5.41) is 0. The Labute approximate surface area is 127 Å². The molecule has 0 aromatic rings. The van der Waals surface area contributed by atoms with E-state index in [9.17, 15) is 9.59 Å². The van der Waals surface area contributed by atoms with Gasteiger partial charge in [-0.1, -0.05) is 15.9 Å². The molecule has 0 spiro atoms. The molecule has 2 amide bonds. The van der Waals surface area contributed by atoms with E-state index in [0.29, 0.717) is 29.1 Å². The van der Waals surface area contributed by atoms with Gasteiger partial charge in [-0.2, -0.15) is 0 Å². The van der Waals surface area contributed by atoms with Crippen molar-refractivity contribution in [2.24, 2.45) is 11.8 Å².